The number of hydrogen-bond acceptors (Lipinski definition) is 3. The van der Waals surface area contributed by atoms with Crippen LogP contribution in [0.2, 0.25) is 0 Å². The Bertz CT molecular complexity index is 925. The van der Waals surface area contributed by atoms with Crippen LogP contribution in [0.3, 0.4) is 0 Å². The van der Waals surface area contributed by atoms with Gasteiger partial charge in [0.25, 0.3) is 5.91 Å². The Morgan fingerprint density at radius 1 is 1.11 bits per heavy atom. The van der Waals surface area contributed by atoms with Crippen molar-refractivity contribution in [2.45, 2.75) is 6.42 Å². The molecule has 6 heteroatoms. The Kier molecular flexibility index (Phi) is 4.87. The maximum Gasteiger partial charge on any atom is 0.271 e. The first kappa shape index (κ1) is 17.3. The maximum atomic E-state index is 13.3. The third kappa shape index (κ3) is 4.00. The number of halogens is 1. The van der Waals surface area contributed by atoms with Gasteiger partial charge in [0.1, 0.15) is 5.82 Å². The quantitative estimate of drug-likeness (QED) is 0.756. The standard InChI is InChI=1S/C21H21FN4O/c22-17-5-4-8-19(13-17)26-12-10-20(24-26)21(27)23-14-16-9-11-25(15-16)18-6-2-1-3-7-18/h1-8,10,12-13,16H,9,11,14-15H2,(H,23,27)/t16-/m0/s1. The number of rotatable bonds is 5. The zero-order chi connectivity index (χ0) is 18.6. The third-order valence-electron chi connectivity index (χ3n) is 4.85. The number of para-hydroxylation sites is 1. The van der Waals surface area contributed by atoms with Crippen LogP contribution < -0.4 is 10.2 Å². The lowest BCUT2D eigenvalue weighted by Gasteiger charge is -2.18. The lowest BCUT2D eigenvalue weighted by Crippen LogP contribution is -2.31. The average molecular weight is 364 g/mol. The molecule has 4 rings (SSSR count). The van der Waals surface area contributed by atoms with E-state index in [1.165, 1.54) is 22.5 Å². The van der Waals surface area contributed by atoms with E-state index in [-0.39, 0.29) is 11.7 Å². The smallest absolute Gasteiger partial charge is 0.271 e. The number of benzene rings is 2. The molecule has 27 heavy (non-hydrogen) atoms. The summed E-state index contributed by atoms with van der Waals surface area (Å²) in [4.78, 5) is 14.7. The van der Waals surface area contributed by atoms with Gasteiger partial charge in [-0.2, -0.15) is 5.10 Å². The van der Waals surface area contributed by atoms with Gasteiger partial charge in [0, 0.05) is 31.5 Å². The van der Waals surface area contributed by atoms with Gasteiger partial charge < -0.3 is 10.2 Å². The Hall–Kier alpha value is -3.15. The molecule has 1 N–H and O–H groups in total. The highest BCUT2D eigenvalue weighted by molar-refractivity contribution is 5.92. The number of hydrogen-bond donors (Lipinski definition) is 1. The van der Waals surface area contributed by atoms with Crippen LogP contribution in [-0.4, -0.2) is 35.3 Å². The summed E-state index contributed by atoms with van der Waals surface area (Å²) >= 11 is 0. The molecule has 138 valence electrons. The molecule has 1 saturated heterocycles. The molecule has 0 unspecified atom stereocenters. The molecule has 0 bridgehead atoms. The highest BCUT2D eigenvalue weighted by atomic mass is 19.1. The van der Waals surface area contributed by atoms with Gasteiger partial charge >= 0.3 is 0 Å². The zero-order valence-electron chi connectivity index (χ0n) is 14.9. The van der Waals surface area contributed by atoms with Crippen molar-refractivity contribution < 1.29 is 9.18 Å². The fourth-order valence-corrected chi connectivity index (χ4v) is 3.41. The first-order chi connectivity index (χ1) is 13.2. The van der Waals surface area contributed by atoms with Crippen LogP contribution in [0.25, 0.3) is 5.69 Å². The van der Waals surface area contributed by atoms with Crippen molar-refractivity contribution in [3.8, 4) is 5.69 Å². The van der Waals surface area contributed by atoms with Crippen molar-refractivity contribution >= 4 is 11.6 Å². The number of nitrogens with one attached hydrogen (secondary N) is 1. The van der Waals surface area contributed by atoms with E-state index in [2.05, 4.69) is 27.4 Å². The number of amides is 1. The lowest BCUT2D eigenvalue weighted by molar-refractivity contribution is 0.0943. The van der Waals surface area contributed by atoms with Gasteiger partial charge in [0.15, 0.2) is 5.69 Å². The van der Waals surface area contributed by atoms with E-state index >= 15 is 0 Å². The second kappa shape index (κ2) is 7.61. The second-order valence-corrected chi connectivity index (χ2v) is 6.77. The first-order valence-corrected chi connectivity index (χ1v) is 9.09. The molecule has 1 atom stereocenters. The van der Waals surface area contributed by atoms with Gasteiger partial charge in [-0.15, -0.1) is 0 Å². The summed E-state index contributed by atoms with van der Waals surface area (Å²) in [6.45, 7) is 2.55. The van der Waals surface area contributed by atoms with Crippen LogP contribution in [0.4, 0.5) is 10.1 Å². The van der Waals surface area contributed by atoms with Gasteiger partial charge in [-0.1, -0.05) is 24.3 Å². The summed E-state index contributed by atoms with van der Waals surface area (Å²) in [5, 5.41) is 7.23. The predicted octanol–water partition coefficient (Wildman–Crippen LogP) is 3.27. The van der Waals surface area contributed by atoms with Gasteiger partial charge in [-0.25, -0.2) is 9.07 Å². The van der Waals surface area contributed by atoms with Crippen LogP contribution in [-0.2, 0) is 0 Å². The highest BCUT2D eigenvalue weighted by Gasteiger charge is 2.23. The molecule has 0 aliphatic carbocycles. The van der Waals surface area contributed by atoms with E-state index in [4.69, 9.17) is 0 Å². The summed E-state index contributed by atoms with van der Waals surface area (Å²) in [5.74, 6) is -0.124. The molecule has 1 aromatic heterocycles. The molecular formula is C21H21FN4O. The summed E-state index contributed by atoms with van der Waals surface area (Å²) in [6.07, 6.45) is 2.71. The van der Waals surface area contributed by atoms with Crippen molar-refractivity contribution in [2.24, 2.45) is 5.92 Å². The number of aromatic nitrogens is 2. The molecule has 1 aliphatic rings. The molecule has 2 aromatic carbocycles. The molecule has 0 radical (unpaired) electrons. The molecule has 1 amide bonds. The van der Waals surface area contributed by atoms with Crippen molar-refractivity contribution in [3.05, 3.63) is 78.4 Å². The van der Waals surface area contributed by atoms with Crippen LogP contribution in [0.5, 0.6) is 0 Å². The average Bonchev–Trinajstić information content (AvgIpc) is 3.37. The maximum absolute atomic E-state index is 13.3. The Balaban J connectivity index is 1.33. The van der Waals surface area contributed by atoms with Crippen LogP contribution in [0.15, 0.2) is 66.9 Å². The van der Waals surface area contributed by atoms with Crippen LogP contribution >= 0.6 is 0 Å². The molecule has 1 aliphatic heterocycles. The minimum atomic E-state index is -0.335. The van der Waals surface area contributed by atoms with Gasteiger partial charge in [0.05, 0.1) is 5.69 Å². The highest BCUT2D eigenvalue weighted by Crippen LogP contribution is 2.23. The van der Waals surface area contributed by atoms with Gasteiger partial charge in [-0.05, 0) is 48.7 Å². The molecular weight excluding hydrogens is 343 g/mol. The van der Waals surface area contributed by atoms with Crippen molar-refractivity contribution in [1.82, 2.24) is 15.1 Å². The predicted molar refractivity (Wildman–Crippen MR) is 103 cm³/mol. The third-order valence-corrected chi connectivity index (χ3v) is 4.85. The van der Waals surface area contributed by atoms with E-state index in [1.807, 2.05) is 18.2 Å². The molecule has 1 fully saturated rings. The zero-order valence-corrected chi connectivity index (χ0v) is 14.9. The monoisotopic (exact) mass is 364 g/mol. The lowest BCUT2D eigenvalue weighted by atomic mass is 10.1. The van der Waals surface area contributed by atoms with Gasteiger partial charge in [0.2, 0.25) is 0 Å². The topological polar surface area (TPSA) is 50.2 Å². The number of carbonyl (C=O) groups is 1. The summed E-state index contributed by atoms with van der Waals surface area (Å²) < 4.78 is 14.8. The van der Waals surface area contributed by atoms with E-state index in [0.717, 1.165) is 19.5 Å². The molecule has 0 spiro atoms. The molecule has 2 heterocycles. The van der Waals surface area contributed by atoms with E-state index in [1.54, 1.807) is 24.4 Å². The SMILES string of the molecule is O=C(NC[C@@H]1CCN(c2ccccc2)C1)c1ccn(-c2cccc(F)c2)n1. The van der Waals surface area contributed by atoms with Crippen molar-refractivity contribution in [3.63, 3.8) is 0 Å². The molecule has 3 aromatic rings. The fourth-order valence-electron chi connectivity index (χ4n) is 3.41. The first-order valence-electron chi connectivity index (χ1n) is 9.09. The minimum absolute atomic E-state index is 0.205. The summed E-state index contributed by atoms with van der Waals surface area (Å²) in [5.41, 5.74) is 2.14. The Labute approximate surface area is 157 Å². The summed E-state index contributed by atoms with van der Waals surface area (Å²) in [6, 6.07) is 18.1. The second-order valence-electron chi connectivity index (χ2n) is 6.77. The van der Waals surface area contributed by atoms with E-state index < -0.39 is 0 Å². The minimum Gasteiger partial charge on any atom is -0.371 e. The Morgan fingerprint density at radius 3 is 2.74 bits per heavy atom. The number of anilines is 1. The molecule has 0 saturated carbocycles. The van der Waals surface area contributed by atoms with Crippen LogP contribution in [0, 0.1) is 11.7 Å². The summed E-state index contributed by atoms with van der Waals surface area (Å²) in [7, 11) is 0. The van der Waals surface area contributed by atoms with Crippen LogP contribution in [0.1, 0.15) is 16.9 Å². The van der Waals surface area contributed by atoms with Crippen molar-refractivity contribution in [1.29, 1.82) is 0 Å². The van der Waals surface area contributed by atoms with Gasteiger partial charge in [-0.3, -0.25) is 4.79 Å². The fraction of sp³-hybridized carbons (Fsp3) is 0.238. The Morgan fingerprint density at radius 2 is 1.93 bits per heavy atom. The van der Waals surface area contributed by atoms with E-state index in [0.29, 0.717) is 23.8 Å². The number of nitrogens with zero attached hydrogens (tertiary/aromatic N) is 3. The largest absolute Gasteiger partial charge is 0.371 e. The van der Waals surface area contributed by atoms with Crippen molar-refractivity contribution in [2.75, 3.05) is 24.5 Å². The molecule has 5 nitrogen and oxygen atoms in total. The van der Waals surface area contributed by atoms with E-state index in [9.17, 15) is 9.18 Å². The number of carbonyl (C=O) groups excluding carboxylic acids is 1. The normalized spacial score (nSPS) is 16.5.